The van der Waals surface area contributed by atoms with E-state index in [1.807, 2.05) is 17.4 Å². The van der Waals surface area contributed by atoms with Crippen molar-refractivity contribution in [3.05, 3.63) is 23.6 Å². The predicted octanol–water partition coefficient (Wildman–Crippen LogP) is 4.11. The van der Waals surface area contributed by atoms with Crippen molar-refractivity contribution in [1.82, 2.24) is 0 Å². The van der Waals surface area contributed by atoms with Crippen molar-refractivity contribution in [3.8, 4) is 0 Å². The third kappa shape index (κ3) is 2.01. The van der Waals surface area contributed by atoms with E-state index in [1.165, 1.54) is 4.88 Å². The standard InChI is InChI=1S/C12H20SSi/c1-7-10-8-9-11(13-10)14(5,6)12(2,3)4/h7-9H,1H2,2-6H3. The predicted molar refractivity (Wildman–Crippen MR) is 71.2 cm³/mol. The van der Waals surface area contributed by atoms with Crippen molar-refractivity contribution < 1.29 is 0 Å². The third-order valence-electron chi connectivity index (χ3n) is 3.32. The summed E-state index contributed by atoms with van der Waals surface area (Å²) in [6.45, 7) is 15.8. The highest BCUT2D eigenvalue weighted by atomic mass is 32.1. The normalized spacial score (nSPS) is 12.9. The van der Waals surface area contributed by atoms with E-state index in [-0.39, 0.29) is 0 Å². The van der Waals surface area contributed by atoms with Crippen LogP contribution in [-0.4, -0.2) is 8.07 Å². The first-order valence-corrected chi connectivity index (χ1v) is 8.83. The van der Waals surface area contributed by atoms with Crippen LogP contribution in [0.25, 0.3) is 6.08 Å². The second-order valence-corrected chi connectivity index (χ2v) is 12.0. The average molecular weight is 224 g/mol. The lowest BCUT2D eigenvalue weighted by Crippen LogP contribution is -2.47. The fraction of sp³-hybridized carbons (Fsp3) is 0.500. The van der Waals surface area contributed by atoms with Crippen LogP contribution in [-0.2, 0) is 0 Å². The second kappa shape index (κ2) is 3.67. The molecule has 0 nitrogen and oxygen atoms in total. The molecule has 0 fully saturated rings. The molecule has 0 aliphatic heterocycles. The average Bonchev–Trinajstić information content (AvgIpc) is 2.49. The Labute approximate surface area is 92.7 Å². The molecule has 0 unspecified atom stereocenters. The van der Waals surface area contributed by atoms with Gasteiger partial charge in [0.1, 0.15) is 0 Å². The van der Waals surface area contributed by atoms with Gasteiger partial charge in [0, 0.05) is 4.88 Å². The lowest BCUT2D eigenvalue weighted by Gasteiger charge is -2.35. The Balaban J connectivity index is 3.09. The van der Waals surface area contributed by atoms with Gasteiger partial charge in [-0.2, -0.15) is 0 Å². The Morgan fingerprint density at radius 2 is 1.86 bits per heavy atom. The van der Waals surface area contributed by atoms with Crippen LogP contribution < -0.4 is 4.50 Å². The molecule has 0 N–H and O–H groups in total. The van der Waals surface area contributed by atoms with Gasteiger partial charge in [-0.25, -0.2) is 0 Å². The van der Waals surface area contributed by atoms with Crippen molar-refractivity contribution in [3.63, 3.8) is 0 Å². The minimum Gasteiger partial charge on any atom is -0.146 e. The molecule has 0 aliphatic rings. The molecule has 0 saturated heterocycles. The van der Waals surface area contributed by atoms with Crippen LogP contribution in [0.2, 0.25) is 18.1 Å². The monoisotopic (exact) mass is 224 g/mol. The Kier molecular flexibility index (Phi) is 3.07. The summed E-state index contributed by atoms with van der Waals surface area (Å²) in [7, 11) is -1.31. The van der Waals surface area contributed by atoms with Crippen molar-refractivity contribution in [2.45, 2.75) is 38.9 Å². The highest BCUT2D eigenvalue weighted by Gasteiger charge is 2.37. The van der Waals surface area contributed by atoms with Crippen LogP contribution in [0.3, 0.4) is 0 Å². The van der Waals surface area contributed by atoms with Crippen molar-refractivity contribution >= 4 is 30.0 Å². The fourth-order valence-corrected chi connectivity index (χ4v) is 5.31. The molecule has 0 spiro atoms. The van der Waals surface area contributed by atoms with Gasteiger partial charge >= 0.3 is 0 Å². The Hall–Kier alpha value is -0.343. The molecule has 1 rings (SSSR count). The smallest absolute Gasteiger partial charge is 0.0987 e. The molecule has 0 aromatic carbocycles. The summed E-state index contributed by atoms with van der Waals surface area (Å²) >= 11 is 1.91. The van der Waals surface area contributed by atoms with E-state index in [4.69, 9.17) is 0 Å². The van der Waals surface area contributed by atoms with Gasteiger partial charge in [-0.05, 0) is 15.6 Å². The molecule has 0 amide bonds. The first-order valence-electron chi connectivity index (χ1n) is 5.02. The van der Waals surface area contributed by atoms with E-state index >= 15 is 0 Å². The van der Waals surface area contributed by atoms with E-state index in [1.54, 1.807) is 4.50 Å². The van der Waals surface area contributed by atoms with Crippen LogP contribution in [0.5, 0.6) is 0 Å². The highest BCUT2D eigenvalue weighted by molar-refractivity contribution is 7.27. The summed E-state index contributed by atoms with van der Waals surface area (Å²) < 4.78 is 1.58. The SMILES string of the molecule is C=Cc1ccc([Si](C)(C)C(C)(C)C)s1. The molecule has 0 radical (unpaired) electrons. The zero-order valence-corrected chi connectivity index (χ0v) is 11.7. The van der Waals surface area contributed by atoms with Crippen molar-refractivity contribution in [1.29, 1.82) is 0 Å². The largest absolute Gasteiger partial charge is 0.146 e. The number of hydrogen-bond donors (Lipinski definition) is 0. The number of hydrogen-bond acceptors (Lipinski definition) is 1. The minimum absolute atomic E-state index is 0.427. The minimum atomic E-state index is -1.31. The summed E-state index contributed by atoms with van der Waals surface area (Å²) in [6, 6.07) is 4.48. The molecule has 1 heterocycles. The van der Waals surface area contributed by atoms with Gasteiger partial charge in [0.05, 0.1) is 8.07 Å². The Morgan fingerprint density at radius 3 is 2.21 bits per heavy atom. The maximum atomic E-state index is 3.81. The highest BCUT2D eigenvalue weighted by Crippen LogP contribution is 2.36. The van der Waals surface area contributed by atoms with E-state index in [9.17, 15) is 0 Å². The van der Waals surface area contributed by atoms with Crippen LogP contribution in [0.4, 0.5) is 0 Å². The van der Waals surface area contributed by atoms with Gasteiger partial charge in [-0.3, -0.25) is 0 Å². The molecular formula is C12H20SSi. The first kappa shape index (κ1) is 11.7. The van der Waals surface area contributed by atoms with Gasteiger partial charge in [0.2, 0.25) is 0 Å². The van der Waals surface area contributed by atoms with Gasteiger partial charge in [0.15, 0.2) is 0 Å². The van der Waals surface area contributed by atoms with Crippen molar-refractivity contribution in [2.24, 2.45) is 0 Å². The molecule has 78 valence electrons. The number of rotatable bonds is 2. The summed E-state index contributed by atoms with van der Waals surface area (Å²) in [5.41, 5.74) is 0. The molecule has 1 aromatic heterocycles. The van der Waals surface area contributed by atoms with Gasteiger partial charge < -0.3 is 0 Å². The molecule has 0 saturated carbocycles. The third-order valence-corrected chi connectivity index (χ3v) is 11.2. The van der Waals surface area contributed by atoms with Crippen molar-refractivity contribution in [2.75, 3.05) is 0 Å². The van der Waals surface area contributed by atoms with E-state index < -0.39 is 8.07 Å². The summed E-state index contributed by atoms with van der Waals surface area (Å²) in [5, 5.41) is 0.427. The van der Waals surface area contributed by atoms with E-state index in [0.29, 0.717) is 5.04 Å². The lowest BCUT2D eigenvalue weighted by molar-refractivity contribution is 0.730. The summed E-state index contributed by atoms with van der Waals surface area (Å²) in [5.74, 6) is 0. The molecule has 0 atom stereocenters. The molecule has 14 heavy (non-hydrogen) atoms. The molecule has 0 aliphatic carbocycles. The van der Waals surface area contributed by atoms with Gasteiger partial charge in [-0.1, -0.05) is 52.6 Å². The molecule has 0 bridgehead atoms. The summed E-state index contributed by atoms with van der Waals surface area (Å²) in [4.78, 5) is 1.30. The zero-order chi connectivity index (χ0) is 11.0. The fourth-order valence-electron chi connectivity index (χ4n) is 1.17. The van der Waals surface area contributed by atoms with Gasteiger partial charge in [0.25, 0.3) is 0 Å². The van der Waals surface area contributed by atoms with Crippen LogP contribution in [0.15, 0.2) is 18.7 Å². The molecule has 2 heteroatoms. The molecular weight excluding hydrogens is 204 g/mol. The van der Waals surface area contributed by atoms with Crippen LogP contribution >= 0.6 is 11.3 Å². The van der Waals surface area contributed by atoms with Crippen LogP contribution in [0, 0.1) is 0 Å². The zero-order valence-electron chi connectivity index (χ0n) is 9.85. The topological polar surface area (TPSA) is 0 Å². The van der Waals surface area contributed by atoms with E-state index in [0.717, 1.165) is 0 Å². The Bertz CT molecular complexity index is 328. The number of thiophene rings is 1. The lowest BCUT2D eigenvalue weighted by atomic mass is 10.2. The maximum absolute atomic E-state index is 3.81. The first-order chi connectivity index (χ1) is 6.29. The second-order valence-electron chi connectivity index (χ2n) is 5.28. The maximum Gasteiger partial charge on any atom is 0.0987 e. The Morgan fingerprint density at radius 1 is 1.29 bits per heavy atom. The van der Waals surface area contributed by atoms with Gasteiger partial charge in [-0.15, -0.1) is 11.3 Å². The quantitative estimate of drug-likeness (QED) is 0.663. The molecule has 1 aromatic rings. The van der Waals surface area contributed by atoms with Crippen LogP contribution in [0.1, 0.15) is 25.6 Å². The summed E-state index contributed by atoms with van der Waals surface area (Å²) in [6.07, 6.45) is 1.95. The van der Waals surface area contributed by atoms with E-state index in [2.05, 4.69) is 52.6 Å².